The van der Waals surface area contributed by atoms with Crippen molar-refractivity contribution in [2.75, 3.05) is 7.11 Å². The third-order valence-corrected chi connectivity index (χ3v) is 1.70. The highest BCUT2D eigenvalue weighted by molar-refractivity contribution is 5.72. The van der Waals surface area contributed by atoms with Crippen molar-refractivity contribution >= 4 is 5.97 Å². The van der Waals surface area contributed by atoms with E-state index in [4.69, 9.17) is 14.6 Å². The van der Waals surface area contributed by atoms with E-state index in [-0.39, 0.29) is 0 Å². The Kier molecular flexibility index (Phi) is 3.34. The Hall–Kier alpha value is -1.71. The van der Waals surface area contributed by atoms with Crippen LogP contribution in [0.1, 0.15) is 6.92 Å². The lowest BCUT2D eigenvalue weighted by molar-refractivity contribution is -0.144. The molecule has 0 fully saturated rings. The molecule has 0 unspecified atom stereocenters. The molecule has 0 heterocycles. The molecule has 0 saturated heterocycles. The summed E-state index contributed by atoms with van der Waals surface area (Å²) >= 11 is 0. The second kappa shape index (κ2) is 4.50. The number of carbonyl (C=O) groups is 1. The minimum absolute atomic E-state index is 0.485. The molecule has 0 radical (unpaired) electrons. The maximum atomic E-state index is 10.5. The topological polar surface area (TPSA) is 55.8 Å². The molecule has 1 N–H and O–H groups in total. The molecule has 0 saturated carbocycles. The van der Waals surface area contributed by atoms with E-state index in [1.54, 1.807) is 31.4 Å². The fraction of sp³-hybridized carbons (Fsp3) is 0.300. The fourth-order valence-electron chi connectivity index (χ4n) is 0.929. The second-order valence-electron chi connectivity index (χ2n) is 2.78. The number of carboxylic acid groups (broad SMARTS) is 1. The number of carboxylic acids is 1. The molecule has 0 aliphatic carbocycles. The standard InChI is InChI=1S/C10H12O4/c1-7(10(11)12)14-9-5-3-4-8(6-9)13-2/h3-7H,1-2H3,(H,11,12)/t7-/m1/s1. The van der Waals surface area contributed by atoms with Crippen molar-refractivity contribution in [3.05, 3.63) is 24.3 Å². The van der Waals surface area contributed by atoms with Crippen molar-refractivity contribution in [3.63, 3.8) is 0 Å². The number of hydrogen-bond acceptors (Lipinski definition) is 3. The van der Waals surface area contributed by atoms with Gasteiger partial charge in [0.05, 0.1) is 7.11 Å². The number of aliphatic carboxylic acids is 1. The van der Waals surface area contributed by atoms with Crippen molar-refractivity contribution in [2.24, 2.45) is 0 Å². The molecule has 0 aliphatic rings. The zero-order chi connectivity index (χ0) is 10.6. The summed E-state index contributed by atoms with van der Waals surface area (Å²) in [6, 6.07) is 6.82. The molecular weight excluding hydrogens is 184 g/mol. The van der Waals surface area contributed by atoms with Crippen LogP contribution in [0.2, 0.25) is 0 Å². The lowest BCUT2D eigenvalue weighted by Gasteiger charge is -2.10. The number of benzene rings is 1. The van der Waals surface area contributed by atoms with Gasteiger partial charge in [0.2, 0.25) is 0 Å². The van der Waals surface area contributed by atoms with Gasteiger partial charge in [-0.3, -0.25) is 0 Å². The van der Waals surface area contributed by atoms with Gasteiger partial charge < -0.3 is 14.6 Å². The molecule has 1 rings (SSSR count). The van der Waals surface area contributed by atoms with Gasteiger partial charge in [0, 0.05) is 6.07 Å². The summed E-state index contributed by atoms with van der Waals surface area (Å²) in [4.78, 5) is 10.5. The fourth-order valence-corrected chi connectivity index (χ4v) is 0.929. The first-order chi connectivity index (χ1) is 6.63. The normalized spacial score (nSPS) is 11.9. The lowest BCUT2D eigenvalue weighted by Crippen LogP contribution is -2.22. The van der Waals surface area contributed by atoms with Crippen molar-refractivity contribution in [3.8, 4) is 11.5 Å². The largest absolute Gasteiger partial charge is 0.497 e. The molecule has 1 aromatic rings. The maximum absolute atomic E-state index is 10.5. The van der Waals surface area contributed by atoms with Crippen LogP contribution in [0.4, 0.5) is 0 Å². The van der Waals surface area contributed by atoms with E-state index in [9.17, 15) is 4.79 Å². The molecule has 0 spiro atoms. The average molecular weight is 196 g/mol. The average Bonchev–Trinajstić information content (AvgIpc) is 2.18. The third kappa shape index (κ3) is 2.65. The number of ether oxygens (including phenoxy) is 2. The Labute approximate surface area is 82.1 Å². The van der Waals surface area contributed by atoms with Crippen LogP contribution in [0, 0.1) is 0 Å². The van der Waals surface area contributed by atoms with Crippen molar-refractivity contribution in [1.29, 1.82) is 0 Å². The molecule has 0 bridgehead atoms. The van der Waals surface area contributed by atoms with Gasteiger partial charge in [-0.15, -0.1) is 0 Å². The van der Waals surface area contributed by atoms with E-state index in [1.165, 1.54) is 6.92 Å². The van der Waals surface area contributed by atoms with Crippen LogP contribution in [0.3, 0.4) is 0 Å². The highest BCUT2D eigenvalue weighted by Crippen LogP contribution is 2.19. The summed E-state index contributed by atoms with van der Waals surface area (Å²) in [5.41, 5.74) is 0. The molecular formula is C10H12O4. The quantitative estimate of drug-likeness (QED) is 0.793. The lowest BCUT2D eigenvalue weighted by atomic mass is 10.3. The summed E-state index contributed by atoms with van der Waals surface area (Å²) in [6.45, 7) is 1.47. The van der Waals surface area contributed by atoms with Gasteiger partial charge in [0.25, 0.3) is 0 Å². The van der Waals surface area contributed by atoms with E-state index in [2.05, 4.69) is 0 Å². The summed E-state index contributed by atoms with van der Waals surface area (Å²) < 4.78 is 10.1. The third-order valence-electron chi connectivity index (χ3n) is 1.70. The first kappa shape index (κ1) is 10.4. The van der Waals surface area contributed by atoms with Crippen LogP contribution in [0.5, 0.6) is 11.5 Å². The van der Waals surface area contributed by atoms with Gasteiger partial charge in [-0.05, 0) is 19.1 Å². The summed E-state index contributed by atoms with van der Waals surface area (Å²) in [5, 5.41) is 8.61. The molecule has 4 heteroatoms. The van der Waals surface area contributed by atoms with Gasteiger partial charge in [-0.1, -0.05) is 6.07 Å². The van der Waals surface area contributed by atoms with Crippen LogP contribution in [0.15, 0.2) is 24.3 Å². The van der Waals surface area contributed by atoms with Gasteiger partial charge >= 0.3 is 5.97 Å². The van der Waals surface area contributed by atoms with Gasteiger partial charge in [0.15, 0.2) is 6.10 Å². The predicted molar refractivity (Wildman–Crippen MR) is 50.7 cm³/mol. The predicted octanol–water partition coefficient (Wildman–Crippen LogP) is 1.55. The molecule has 76 valence electrons. The Bertz CT molecular complexity index is 322. The monoisotopic (exact) mass is 196 g/mol. The molecule has 4 nitrogen and oxygen atoms in total. The summed E-state index contributed by atoms with van der Waals surface area (Å²) in [6.07, 6.45) is -0.859. The number of hydrogen-bond donors (Lipinski definition) is 1. The minimum atomic E-state index is -0.993. The van der Waals surface area contributed by atoms with Crippen molar-refractivity contribution < 1.29 is 19.4 Å². The Morgan fingerprint density at radius 3 is 2.64 bits per heavy atom. The molecule has 0 aliphatic heterocycles. The first-order valence-corrected chi connectivity index (χ1v) is 4.17. The number of rotatable bonds is 4. The first-order valence-electron chi connectivity index (χ1n) is 4.17. The zero-order valence-electron chi connectivity index (χ0n) is 8.06. The van der Waals surface area contributed by atoms with Crippen LogP contribution in [-0.4, -0.2) is 24.3 Å². The summed E-state index contributed by atoms with van der Waals surface area (Å²) in [5.74, 6) is 0.132. The van der Waals surface area contributed by atoms with E-state index in [1.807, 2.05) is 0 Å². The second-order valence-corrected chi connectivity index (χ2v) is 2.78. The molecule has 0 amide bonds. The highest BCUT2D eigenvalue weighted by atomic mass is 16.5. The van der Waals surface area contributed by atoms with Crippen LogP contribution in [-0.2, 0) is 4.79 Å². The maximum Gasteiger partial charge on any atom is 0.344 e. The Morgan fingerprint density at radius 2 is 2.07 bits per heavy atom. The van der Waals surface area contributed by atoms with Gasteiger partial charge in [-0.2, -0.15) is 0 Å². The smallest absolute Gasteiger partial charge is 0.344 e. The summed E-state index contributed by atoms with van der Waals surface area (Å²) in [7, 11) is 1.54. The van der Waals surface area contributed by atoms with E-state index < -0.39 is 12.1 Å². The number of methoxy groups -OCH3 is 1. The van der Waals surface area contributed by atoms with Gasteiger partial charge in [-0.25, -0.2) is 4.79 Å². The SMILES string of the molecule is COc1cccc(O[C@H](C)C(=O)O)c1. The van der Waals surface area contributed by atoms with Crippen LogP contribution < -0.4 is 9.47 Å². The zero-order valence-corrected chi connectivity index (χ0v) is 8.06. The Balaban J connectivity index is 2.71. The van der Waals surface area contributed by atoms with Crippen LogP contribution in [0.25, 0.3) is 0 Å². The van der Waals surface area contributed by atoms with E-state index >= 15 is 0 Å². The molecule has 1 aromatic carbocycles. The van der Waals surface area contributed by atoms with E-state index in [0.29, 0.717) is 11.5 Å². The molecule has 1 atom stereocenters. The van der Waals surface area contributed by atoms with Crippen molar-refractivity contribution in [1.82, 2.24) is 0 Å². The minimum Gasteiger partial charge on any atom is -0.497 e. The highest BCUT2D eigenvalue weighted by Gasteiger charge is 2.12. The Morgan fingerprint density at radius 1 is 1.43 bits per heavy atom. The van der Waals surface area contributed by atoms with Gasteiger partial charge in [0.1, 0.15) is 11.5 Å². The van der Waals surface area contributed by atoms with Crippen molar-refractivity contribution in [2.45, 2.75) is 13.0 Å². The molecule has 14 heavy (non-hydrogen) atoms. The van der Waals surface area contributed by atoms with Crippen LogP contribution >= 0.6 is 0 Å². The van der Waals surface area contributed by atoms with E-state index in [0.717, 1.165) is 0 Å². The molecule has 0 aromatic heterocycles.